The average Bonchev–Trinajstić information content (AvgIpc) is 2.51. The van der Waals surface area contributed by atoms with Gasteiger partial charge in [0.1, 0.15) is 6.61 Å². The Labute approximate surface area is 147 Å². The van der Waals surface area contributed by atoms with Crippen molar-refractivity contribution in [1.82, 2.24) is 0 Å². The standard InChI is InChI=1S/C16H12BrCl2NO2/c17-13-4-2-12(3-5-13)16(21)7-8-20-22-10-11-1-6-14(18)15(19)9-11/h1-6,8-9H,7,10H2/b20-8-. The SMILES string of the molecule is O=C(C/C=N\OCc1ccc(Cl)c(Cl)c1)c1ccc(Br)cc1. The van der Waals surface area contributed by atoms with E-state index in [2.05, 4.69) is 21.1 Å². The van der Waals surface area contributed by atoms with Gasteiger partial charge in [0, 0.05) is 16.5 Å². The molecule has 0 fully saturated rings. The number of halogens is 3. The second-order valence-electron chi connectivity index (χ2n) is 4.44. The van der Waals surface area contributed by atoms with E-state index in [0.29, 0.717) is 15.6 Å². The molecule has 0 atom stereocenters. The van der Waals surface area contributed by atoms with E-state index in [1.165, 1.54) is 6.21 Å². The van der Waals surface area contributed by atoms with E-state index in [4.69, 9.17) is 28.0 Å². The lowest BCUT2D eigenvalue weighted by Gasteiger charge is -2.02. The zero-order valence-electron chi connectivity index (χ0n) is 11.4. The summed E-state index contributed by atoms with van der Waals surface area (Å²) in [6, 6.07) is 12.4. The molecule has 6 heteroatoms. The van der Waals surface area contributed by atoms with Crippen LogP contribution < -0.4 is 0 Å². The molecular weight excluding hydrogens is 389 g/mol. The summed E-state index contributed by atoms with van der Waals surface area (Å²) >= 11 is 15.0. The molecule has 0 aromatic heterocycles. The Morgan fingerprint density at radius 2 is 1.86 bits per heavy atom. The van der Waals surface area contributed by atoms with E-state index in [1.54, 1.807) is 30.3 Å². The largest absolute Gasteiger partial charge is 0.391 e. The molecule has 0 N–H and O–H groups in total. The first kappa shape index (κ1) is 17.0. The number of carbonyl (C=O) groups excluding carboxylic acids is 1. The summed E-state index contributed by atoms with van der Waals surface area (Å²) in [7, 11) is 0. The molecule has 0 unspecified atom stereocenters. The van der Waals surface area contributed by atoms with Crippen molar-refractivity contribution in [2.24, 2.45) is 5.16 Å². The maximum Gasteiger partial charge on any atom is 0.168 e. The molecule has 0 saturated heterocycles. The molecule has 0 spiro atoms. The van der Waals surface area contributed by atoms with Gasteiger partial charge in [-0.15, -0.1) is 0 Å². The van der Waals surface area contributed by atoms with Gasteiger partial charge in [0.25, 0.3) is 0 Å². The number of ketones is 1. The molecule has 0 aliphatic carbocycles. The predicted molar refractivity (Wildman–Crippen MR) is 92.8 cm³/mol. The molecule has 22 heavy (non-hydrogen) atoms. The van der Waals surface area contributed by atoms with Gasteiger partial charge >= 0.3 is 0 Å². The van der Waals surface area contributed by atoms with Crippen LogP contribution in [0.1, 0.15) is 22.3 Å². The van der Waals surface area contributed by atoms with Crippen LogP contribution in [0.2, 0.25) is 10.0 Å². The molecule has 0 radical (unpaired) electrons. The lowest BCUT2D eigenvalue weighted by molar-refractivity contribution is 0.0996. The number of hydrogen-bond donors (Lipinski definition) is 0. The van der Waals surface area contributed by atoms with Crippen molar-refractivity contribution in [2.75, 3.05) is 0 Å². The maximum atomic E-state index is 11.9. The first-order chi connectivity index (χ1) is 10.6. The van der Waals surface area contributed by atoms with E-state index < -0.39 is 0 Å². The summed E-state index contributed by atoms with van der Waals surface area (Å²) in [5, 5.41) is 4.73. The quantitative estimate of drug-likeness (QED) is 0.363. The number of benzene rings is 2. The Bertz CT molecular complexity index is 687. The number of rotatable bonds is 6. The monoisotopic (exact) mass is 399 g/mol. The lowest BCUT2D eigenvalue weighted by Crippen LogP contribution is -1.99. The third-order valence-corrected chi connectivity index (χ3v) is 4.07. The third-order valence-electron chi connectivity index (χ3n) is 2.81. The van der Waals surface area contributed by atoms with Gasteiger partial charge in [-0.1, -0.05) is 62.5 Å². The van der Waals surface area contributed by atoms with Crippen molar-refractivity contribution in [3.8, 4) is 0 Å². The zero-order valence-corrected chi connectivity index (χ0v) is 14.5. The van der Waals surface area contributed by atoms with Crippen molar-refractivity contribution in [2.45, 2.75) is 13.0 Å². The van der Waals surface area contributed by atoms with E-state index in [9.17, 15) is 4.79 Å². The van der Waals surface area contributed by atoms with Gasteiger partial charge in [-0.3, -0.25) is 4.79 Å². The van der Waals surface area contributed by atoms with Gasteiger partial charge < -0.3 is 4.84 Å². The van der Waals surface area contributed by atoms with Crippen molar-refractivity contribution in [1.29, 1.82) is 0 Å². The van der Waals surface area contributed by atoms with E-state index >= 15 is 0 Å². The molecule has 0 aliphatic heterocycles. The molecule has 3 nitrogen and oxygen atoms in total. The molecule has 0 saturated carbocycles. The number of nitrogens with zero attached hydrogens (tertiary/aromatic N) is 1. The normalized spacial score (nSPS) is 10.9. The smallest absolute Gasteiger partial charge is 0.168 e. The Hall–Kier alpha value is -1.36. The fraction of sp³-hybridized carbons (Fsp3) is 0.125. The van der Waals surface area contributed by atoms with Crippen molar-refractivity contribution >= 4 is 51.1 Å². The van der Waals surface area contributed by atoms with E-state index in [1.807, 2.05) is 12.1 Å². The molecule has 0 aliphatic rings. The molecule has 0 heterocycles. The van der Waals surface area contributed by atoms with Crippen LogP contribution in [0.4, 0.5) is 0 Å². The Morgan fingerprint density at radius 3 is 2.55 bits per heavy atom. The summed E-state index contributed by atoms with van der Waals surface area (Å²) in [5.41, 5.74) is 1.49. The number of oxime groups is 1. The minimum Gasteiger partial charge on any atom is -0.391 e. The molecule has 2 aromatic carbocycles. The van der Waals surface area contributed by atoms with Crippen molar-refractivity contribution in [3.05, 3.63) is 68.1 Å². The molecule has 2 aromatic rings. The van der Waals surface area contributed by atoms with Gasteiger partial charge in [0.15, 0.2) is 5.78 Å². The van der Waals surface area contributed by atoms with Crippen LogP contribution in [0.15, 0.2) is 52.1 Å². The number of carbonyl (C=O) groups is 1. The maximum absolute atomic E-state index is 11.9. The first-order valence-electron chi connectivity index (χ1n) is 6.43. The minimum absolute atomic E-state index is 0.0191. The Kier molecular flexibility index (Phi) is 6.43. The molecule has 2 rings (SSSR count). The van der Waals surface area contributed by atoms with Crippen LogP contribution in [0, 0.1) is 0 Å². The second kappa shape index (κ2) is 8.32. The molecule has 0 bridgehead atoms. The van der Waals surface area contributed by atoms with Gasteiger partial charge in [-0.2, -0.15) is 0 Å². The van der Waals surface area contributed by atoms with Crippen LogP contribution in [0.5, 0.6) is 0 Å². The third kappa shape index (κ3) is 5.13. The minimum atomic E-state index is -0.0191. The number of Topliss-reactive ketones (excluding diaryl/α,β-unsaturated/α-hetero) is 1. The van der Waals surface area contributed by atoms with Gasteiger partial charge in [0.05, 0.1) is 16.3 Å². The summed E-state index contributed by atoms with van der Waals surface area (Å²) in [6.07, 6.45) is 1.63. The van der Waals surface area contributed by atoms with Crippen LogP contribution in [-0.4, -0.2) is 12.0 Å². The zero-order chi connectivity index (χ0) is 15.9. The second-order valence-corrected chi connectivity index (χ2v) is 6.17. The van der Waals surface area contributed by atoms with Crippen LogP contribution in [0.25, 0.3) is 0 Å². The molecular formula is C16H12BrCl2NO2. The highest BCUT2D eigenvalue weighted by Crippen LogP contribution is 2.22. The van der Waals surface area contributed by atoms with E-state index in [0.717, 1.165) is 10.0 Å². The Morgan fingerprint density at radius 1 is 1.14 bits per heavy atom. The van der Waals surface area contributed by atoms with Crippen molar-refractivity contribution < 1.29 is 9.63 Å². The van der Waals surface area contributed by atoms with Crippen LogP contribution in [-0.2, 0) is 11.4 Å². The van der Waals surface area contributed by atoms with Crippen LogP contribution in [0.3, 0.4) is 0 Å². The van der Waals surface area contributed by atoms with E-state index in [-0.39, 0.29) is 18.8 Å². The topological polar surface area (TPSA) is 38.7 Å². The summed E-state index contributed by atoms with van der Waals surface area (Å²) in [4.78, 5) is 17.0. The summed E-state index contributed by atoms with van der Waals surface area (Å²) < 4.78 is 0.933. The fourth-order valence-electron chi connectivity index (χ4n) is 1.67. The average molecular weight is 401 g/mol. The van der Waals surface area contributed by atoms with Gasteiger partial charge in [-0.25, -0.2) is 0 Å². The van der Waals surface area contributed by atoms with Gasteiger partial charge in [-0.05, 0) is 29.8 Å². The summed E-state index contributed by atoms with van der Waals surface area (Å²) in [5.74, 6) is -0.0191. The fourth-order valence-corrected chi connectivity index (χ4v) is 2.25. The Balaban J connectivity index is 1.79. The first-order valence-corrected chi connectivity index (χ1v) is 7.97. The number of hydrogen-bond acceptors (Lipinski definition) is 3. The summed E-state index contributed by atoms with van der Waals surface area (Å²) in [6.45, 7) is 0.264. The van der Waals surface area contributed by atoms with Crippen molar-refractivity contribution in [3.63, 3.8) is 0 Å². The highest BCUT2D eigenvalue weighted by atomic mass is 79.9. The highest BCUT2D eigenvalue weighted by molar-refractivity contribution is 9.10. The predicted octanol–water partition coefficient (Wildman–Crippen LogP) is 5.53. The van der Waals surface area contributed by atoms with Crippen LogP contribution >= 0.6 is 39.1 Å². The molecule has 0 amide bonds. The lowest BCUT2D eigenvalue weighted by atomic mass is 10.1. The highest BCUT2D eigenvalue weighted by Gasteiger charge is 2.03. The van der Waals surface area contributed by atoms with Gasteiger partial charge in [0.2, 0.25) is 0 Å². The molecule has 114 valence electrons.